The first-order chi connectivity index (χ1) is 10.0. The number of aliphatic hydroxyl groups excluding tert-OH is 1. The van der Waals surface area contributed by atoms with E-state index >= 15 is 0 Å². The molecule has 1 atom stereocenters. The summed E-state index contributed by atoms with van der Waals surface area (Å²) < 4.78 is 28.4. The van der Waals surface area contributed by atoms with Crippen LogP contribution in [0.2, 0.25) is 0 Å². The minimum Gasteiger partial charge on any atom is -0.461 e. The first kappa shape index (κ1) is 20.3. The molecule has 1 unspecified atom stereocenters. The van der Waals surface area contributed by atoms with Gasteiger partial charge in [-0.05, 0) is 12.8 Å². The van der Waals surface area contributed by atoms with Crippen LogP contribution in [0.4, 0.5) is 0 Å². The number of carbonyl (C=O) groups is 1. The molecule has 0 aromatic rings. The highest BCUT2D eigenvalue weighted by molar-refractivity contribution is 7.54. The zero-order chi connectivity index (χ0) is 16.1. The van der Waals surface area contributed by atoms with Crippen molar-refractivity contribution < 1.29 is 28.3 Å². The van der Waals surface area contributed by atoms with Crippen molar-refractivity contribution in [3.63, 3.8) is 0 Å². The van der Waals surface area contributed by atoms with E-state index in [0.29, 0.717) is 0 Å². The molecule has 0 amide bonds. The maximum absolute atomic E-state index is 12.8. The van der Waals surface area contributed by atoms with Gasteiger partial charge in [-0.3, -0.25) is 4.57 Å². The Morgan fingerprint density at radius 3 is 2.14 bits per heavy atom. The number of carbonyl (C=O) groups excluding carboxylic acids is 1. The molecule has 0 saturated carbocycles. The van der Waals surface area contributed by atoms with Crippen LogP contribution in [0.3, 0.4) is 0 Å². The van der Waals surface area contributed by atoms with Gasteiger partial charge in [0.05, 0.1) is 19.8 Å². The van der Waals surface area contributed by atoms with Gasteiger partial charge in [0.2, 0.25) is 0 Å². The van der Waals surface area contributed by atoms with E-state index in [1.807, 2.05) is 13.8 Å². The van der Waals surface area contributed by atoms with Crippen molar-refractivity contribution in [1.29, 1.82) is 0 Å². The molecule has 0 aromatic carbocycles. The molecular formula is C14H27O6P. The monoisotopic (exact) mass is 322 g/mol. The number of ether oxygens (including phenoxy) is 1. The molecule has 0 aromatic heterocycles. The topological polar surface area (TPSA) is 82.1 Å². The Hall–Kier alpha value is -0.680. The summed E-state index contributed by atoms with van der Waals surface area (Å²) in [7, 11) is -3.52. The zero-order valence-electron chi connectivity index (χ0n) is 13.0. The maximum Gasteiger partial charge on any atom is 0.339 e. The fourth-order valence-electron chi connectivity index (χ4n) is 1.40. The van der Waals surface area contributed by atoms with Crippen LogP contribution in [-0.2, 0) is 23.1 Å². The smallest absolute Gasteiger partial charge is 0.339 e. The first-order valence-electron chi connectivity index (χ1n) is 7.32. The highest BCUT2D eigenvalue weighted by Gasteiger charge is 2.36. The molecule has 0 heterocycles. The predicted molar refractivity (Wildman–Crippen MR) is 81.4 cm³/mol. The Morgan fingerprint density at radius 2 is 1.76 bits per heavy atom. The van der Waals surface area contributed by atoms with Crippen LogP contribution < -0.4 is 0 Å². The van der Waals surface area contributed by atoms with Gasteiger partial charge in [-0.2, -0.15) is 0 Å². The van der Waals surface area contributed by atoms with E-state index in [2.05, 4.69) is 6.58 Å². The van der Waals surface area contributed by atoms with Crippen LogP contribution in [0.15, 0.2) is 12.7 Å². The van der Waals surface area contributed by atoms with Crippen molar-refractivity contribution in [2.24, 2.45) is 0 Å². The fourth-order valence-corrected chi connectivity index (χ4v) is 3.12. The standard InChI is InChI=1S/C14H27O6P/c1-4-7-9-19-21(17,20-10-8-5-2)13(11-15)12-18-14(16)6-3/h6,13,15H,3-5,7-12H2,1-2H3. The van der Waals surface area contributed by atoms with Crippen molar-refractivity contribution in [3.05, 3.63) is 12.7 Å². The molecule has 124 valence electrons. The molecule has 0 aliphatic rings. The summed E-state index contributed by atoms with van der Waals surface area (Å²) in [6.45, 7) is 7.15. The molecule has 6 nitrogen and oxygen atoms in total. The summed E-state index contributed by atoms with van der Waals surface area (Å²) in [4.78, 5) is 11.1. The summed E-state index contributed by atoms with van der Waals surface area (Å²) in [5.74, 6) is -0.637. The van der Waals surface area contributed by atoms with E-state index in [0.717, 1.165) is 31.8 Å². The average molecular weight is 322 g/mol. The van der Waals surface area contributed by atoms with Crippen LogP contribution >= 0.6 is 7.60 Å². The number of hydrogen-bond acceptors (Lipinski definition) is 6. The van der Waals surface area contributed by atoms with Gasteiger partial charge in [0.25, 0.3) is 0 Å². The molecule has 0 radical (unpaired) electrons. The lowest BCUT2D eigenvalue weighted by atomic mass is 10.4. The van der Waals surface area contributed by atoms with Gasteiger partial charge in [-0.25, -0.2) is 4.79 Å². The Labute approximate surface area is 127 Å². The normalized spacial score (nSPS) is 12.9. The minimum atomic E-state index is -3.52. The van der Waals surface area contributed by atoms with E-state index in [1.165, 1.54) is 0 Å². The number of esters is 1. The van der Waals surface area contributed by atoms with Gasteiger partial charge in [0, 0.05) is 6.08 Å². The molecule has 0 spiro atoms. The second kappa shape index (κ2) is 11.9. The van der Waals surface area contributed by atoms with Crippen LogP contribution in [0.1, 0.15) is 39.5 Å². The maximum atomic E-state index is 12.8. The SMILES string of the molecule is C=CC(=O)OCC(CO)P(=O)(OCCCC)OCCCC. The van der Waals surface area contributed by atoms with Crippen LogP contribution in [0, 0.1) is 0 Å². The van der Waals surface area contributed by atoms with Gasteiger partial charge >= 0.3 is 13.6 Å². The summed E-state index contributed by atoms with van der Waals surface area (Å²) in [5.41, 5.74) is -0.880. The van der Waals surface area contributed by atoms with E-state index in [4.69, 9.17) is 13.8 Å². The molecule has 0 rings (SSSR count). The van der Waals surface area contributed by atoms with Gasteiger partial charge < -0.3 is 18.9 Å². The molecule has 0 aliphatic carbocycles. The van der Waals surface area contributed by atoms with Gasteiger partial charge in [-0.15, -0.1) is 0 Å². The Kier molecular flexibility index (Phi) is 11.5. The van der Waals surface area contributed by atoms with Gasteiger partial charge in [0.15, 0.2) is 0 Å². The van der Waals surface area contributed by atoms with Crippen molar-refractivity contribution in [1.82, 2.24) is 0 Å². The van der Waals surface area contributed by atoms with Crippen molar-refractivity contribution in [2.75, 3.05) is 26.4 Å². The van der Waals surface area contributed by atoms with Gasteiger partial charge in [-0.1, -0.05) is 33.3 Å². The lowest BCUT2D eigenvalue weighted by Crippen LogP contribution is -2.25. The summed E-state index contributed by atoms with van der Waals surface area (Å²) in [6.07, 6.45) is 4.28. The third kappa shape index (κ3) is 8.37. The van der Waals surface area contributed by atoms with Gasteiger partial charge in [0.1, 0.15) is 12.3 Å². The minimum absolute atomic E-state index is 0.225. The summed E-state index contributed by atoms with van der Waals surface area (Å²) in [5, 5.41) is 9.41. The number of rotatable bonds is 13. The molecule has 0 aliphatic heterocycles. The van der Waals surface area contributed by atoms with Crippen molar-refractivity contribution >= 4 is 13.6 Å². The highest BCUT2D eigenvalue weighted by atomic mass is 31.2. The quantitative estimate of drug-likeness (QED) is 0.243. The lowest BCUT2D eigenvalue weighted by Gasteiger charge is -2.25. The molecule has 0 saturated heterocycles. The Morgan fingerprint density at radius 1 is 1.24 bits per heavy atom. The number of aliphatic hydroxyl groups is 1. The van der Waals surface area contributed by atoms with Crippen LogP contribution in [0.5, 0.6) is 0 Å². The van der Waals surface area contributed by atoms with Crippen molar-refractivity contribution in [3.8, 4) is 0 Å². The predicted octanol–water partition coefficient (Wildman–Crippen LogP) is 2.90. The molecular weight excluding hydrogens is 295 g/mol. The van der Waals surface area contributed by atoms with E-state index < -0.39 is 25.8 Å². The van der Waals surface area contributed by atoms with Crippen LogP contribution in [-0.4, -0.2) is 43.2 Å². The fraction of sp³-hybridized carbons (Fsp3) is 0.786. The molecule has 0 fully saturated rings. The Bertz CT molecular complexity index is 330. The third-order valence-corrected chi connectivity index (χ3v) is 5.07. The van der Waals surface area contributed by atoms with Crippen LogP contribution in [0.25, 0.3) is 0 Å². The number of hydrogen-bond donors (Lipinski definition) is 1. The van der Waals surface area contributed by atoms with E-state index in [9.17, 15) is 14.5 Å². The second-order valence-electron chi connectivity index (χ2n) is 4.58. The summed E-state index contributed by atoms with van der Waals surface area (Å²) >= 11 is 0. The molecule has 0 bridgehead atoms. The summed E-state index contributed by atoms with van der Waals surface area (Å²) in [6, 6.07) is 0. The Balaban J connectivity index is 4.71. The highest BCUT2D eigenvalue weighted by Crippen LogP contribution is 2.53. The lowest BCUT2D eigenvalue weighted by molar-refractivity contribution is -0.137. The average Bonchev–Trinajstić information content (AvgIpc) is 2.48. The third-order valence-electron chi connectivity index (χ3n) is 2.78. The molecule has 21 heavy (non-hydrogen) atoms. The molecule has 1 N–H and O–H groups in total. The zero-order valence-corrected chi connectivity index (χ0v) is 13.8. The second-order valence-corrected chi connectivity index (χ2v) is 6.91. The number of unbranched alkanes of at least 4 members (excludes halogenated alkanes) is 2. The first-order valence-corrected chi connectivity index (χ1v) is 8.94. The molecule has 7 heteroatoms. The largest absolute Gasteiger partial charge is 0.461 e. The van der Waals surface area contributed by atoms with E-state index in [1.54, 1.807) is 0 Å². The van der Waals surface area contributed by atoms with Crippen molar-refractivity contribution in [2.45, 2.75) is 45.2 Å². The van der Waals surface area contributed by atoms with E-state index in [-0.39, 0.29) is 19.8 Å².